The first-order chi connectivity index (χ1) is 13.3. The third-order valence-corrected chi connectivity index (χ3v) is 5.40. The molecule has 27 heavy (non-hydrogen) atoms. The lowest BCUT2D eigenvalue weighted by Gasteiger charge is -2.24. The van der Waals surface area contributed by atoms with Crippen molar-refractivity contribution in [1.82, 2.24) is 10.3 Å². The largest absolute Gasteiger partial charge is 0.378 e. The van der Waals surface area contributed by atoms with Gasteiger partial charge in [-0.1, -0.05) is 49.6 Å². The van der Waals surface area contributed by atoms with Crippen LogP contribution in [-0.2, 0) is 4.79 Å². The third-order valence-electron chi connectivity index (χ3n) is 5.40. The van der Waals surface area contributed by atoms with Gasteiger partial charge in [0.1, 0.15) is 18.1 Å². The molecule has 1 aliphatic carbocycles. The second-order valence-corrected chi connectivity index (χ2v) is 7.25. The SMILES string of the molecule is O=CC1NC=Cc2c(/C=C/C3CCCCC3)cnc(Nc3ccccc3)c21. The minimum Gasteiger partial charge on any atom is -0.378 e. The highest BCUT2D eigenvalue weighted by Crippen LogP contribution is 2.33. The molecular formula is C23H25N3O. The number of nitrogens with one attached hydrogen (secondary N) is 2. The summed E-state index contributed by atoms with van der Waals surface area (Å²) >= 11 is 0. The van der Waals surface area contributed by atoms with Gasteiger partial charge in [-0.05, 0) is 48.7 Å². The Bertz CT molecular complexity index is 851. The highest BCUT2D eigenvalue weighted by Gasteiger charge is 2.23. The number of rotatable bonds is 5. The molecule has 1 aliphatic heterocycles. The van der Waals surface area contributed by atoms with E-state index in [9.17, 15) is 4.79 Å². The molecule has 1 unspecified atom stereocenters. The molecule has 4 nitrogen and oxygen atoms in total. The lowest BCUT2D eigenvalue weighted by atomic mass is 9.88. The van der Waals surface area contributed by atoms with Crippen LogP contribution in [0.4, 0.5) is 11.5 Å². The second kappa shape index (κ2) is 8.21. The third kappa shape index (κ3) is 3.95. The number of allylic oxidation sites excluding steroid dienone is 1. The van der Waals surface area contributed by atoms with Gasteiger partial charge >= 0.3 is 0 Å². The molecule has 0 spiro atoms. The van der Waals surface area contributed by atoms with Gasteiger partial charge < -0.3 is 15.4 Å². The molecule has 1 aromatic heterocycles. The molecule has 2 heterocycles. The zero-order valence-electron chi connectivity index (χ0n) is 15.4. The first kappa shape index (κ1) is 17.5. The van der Waals surface area contributed by atoms with Crippen molar-refractivity contribution in [3.8, 4) is 0 Å². The monoisotopic (exact) mass is 359 g/mol. The molecule has 1 saturated carbocycles. The summed E-state index contributed by atoms with van der Waals surface area (Å²) in [7, 11) is 0. The Labute approximate surface area is 160 Å². The molecular weight excluding hydrogens is 334 g/mol. The van der Waals surface area contributed by atoms with E-state index in [0.29, 0.717) is 5.92 Å². The predicted molar refractivity (Wildman–Crippen MR) is 111 cm³/mol. The number of hydrogen-bond acceptors (Lipinski definition) is 4. The van der Waals surface area contributed by atoms with E-state index in [1.165, 1.54) is 32.1 Å². The number of fused-ring (bicyclic) bond motifs is 1. The maximum atomic E-state index is 11.7. The first-order valence-corrected chi connectivity index (χ1v) is 9.76. The number of aldehydes is 1. The van der Waals surface area contributed by atoms with Crippen LogP contribution in [0.1, 0.15) is 54.8 Å². The van der Waals surface area contributed by atoms with E-state index in [2.05, 4.69) is 27.8 Å². The topological polar surface area (TPSA) is 54.0 Å². The summed E-state index contributed by atoms with van der Waals surface area (Å²) in [5.41, 5.74) is 3.99. The van der Waals surface area contributed by atoms with Gasteiger partial charge in [0.05, 0.1) is 0 Å². The van der Waals surface area contributed by atoms with Crippen LogP contribution in [-0.4, -0.2) is 11.3 Å². The Kier molecular flexibility index (Phi) is 5.33. The summed E-state index contributed by atoms with van der Waals surface area (Å²) in [6.07, 6.45) is 17.8. The van der Waals surface area contributed by atoms with Crippen LogP contribution in [0.15, 0.2) is 48.8 Å². The normalized spacial score (nSPS) is 19.5. The zero-order chi connectivity index (χ0) is 18.5. The second-order valence-electron chi connectivity index (χ2n) is 7.25. The van der Waals surface area contributed by atoms with Crippen molar-refractivity contribution >= 4 is 29.9 Å². The fourth-order valence-corrected chi connectivity index (χ4v) is 3.94. The predicted octanol–water partition coefficient (Wildman–Crippen LogP) is 5.23. The molecule has 4 heteroatoms. The molecule has 2 aliphatic rings. The molecule has 0 saturated heterocycles. The number of carbonyl (C=O) groups excluding carboxylic acids is 1. The van der Waals surface area contributed by atoms with E-state index in [-0.39, 0.29) is 0 Å². The van der Waals surface area contributed by atoms with E-state index in [1.54, 1.807) is 0 Å². The molecule has 1 aromatic carbocycles. The highest BCUT2D eigenvalue weighted by atomic mass is 16.1. The molecule has 0 amide bonds. The smallest absolute Gasteiger partial charge is 0.146 e. The average Bonchev–Trinajstić information content (AvgIpc) is 2.74. The summed E-state index contributed by atoms with van der Waals surface area (Å²) in [6.45, 7) is 0. The summed E-state index contributed by atoms with van der Waals surface area (Å²) in [6, 6.07) is 9.52. The quantitative estimate of drug-likeness (QED) is 0.718. The van der Waals surface area contributed by atoms with Crippen LogP contribution < -0.4 is 10.6 Å². The maximum absolute atomic E-state index is 11.7. The number of para-hydroxylation sites is 1. The molecule has 0 bridgehead atoms. The Balaban J connectivity index is 1.69. The van der Waals surface area contributed by atoms with Gasteiger partial charge in [-0.2, -0.15) is 0 Å². The maximum Gasteiger partial charge on any atom is 0.146 e. The number of aromatic nitrogens is 1. The van der Waals surface area contributed by atoms with E-state index in [0.717, 1.165) is 34.5 Å². The number of carbonyl (C=O) groups is 1. The van der Waals surface area contributed by atoms with Gasteiger partial charge in [0.15, 0.2) is 0 Å². The lowest BCUT2D eigenvalue weighted by molar-refractivity contribution is -0.109. The van der Waals surface area contributed by atoms with Crippen molar-refractivity contribution in [2.24, 2.45) is 5.92 Å². The summed E-state index contributed by atoms with van der Waals surface area (Å²) in [4.78, 5) is 16.3. The van der Waals surface area contributed by atoms with Crippen molar-refractivity contribution in [2.45, 2.75) is 38.1 Å². The standard InChI is InChI=1S/C23H25N3O/c27-16-21-22-20(13-14-24-21)18(12-11-17-7-3-1-4-8-17)15-25-23(22)26-19-9-5-2-6-10-19/h2,5-6,9-17,21,24H,1,3-4,7-8H2,(H,25,26)/b12-11+. The van der Waals surface area contributed by atoms with E-state index in [1.807, 2.05) is 48.8 Å². The molecule has 2 N–H and O–H groups in total. The number of anilines is 2. The van der Waals surface area contributed by atoms with E-state index in [4.69, 9.17) is 0 Å². The van der Waals surface area contributed by atoms with Crippen molar-refractivity contribution in [2.75, 3.05) is 5.32 Å². The Morgan fingerprint density at radius 3 is 2.70 bits per heavy atom. The van der Waals surface area contributed by atoms with Crippen LogP contribution in [0, 0.1) is 5.92 Å². The molecule has 1 fully saturated rings. The van der Waals surface area contributed by atoms with Crippen LogP contribution in [0.2, 0.25) is 0 Å². The number of pyridine rings is 1. The summed E-state index contributed by atoms with van der Waals surface area (Å²) in [5.74, 6) is 1.38. The van der Waals surface area contributed by atoms with E-state index >= 15 is 0 Å². The van der Waals surface area contributed by atoms with Crippen molar-refractivity contribution in [1.29, 1.82) is 0 Å². The first-order valence-electron chi connectivity index (χ1n) is 9.76. The number of hydrogen-bond donors (Lipinski definition) is 2. The number of nitrogens with zero attached hydrogens (tertiary/aromatic N) is 1. The summed E-state index contributed by atoms with van der Waals surface area (Å²) < 4.78 is 0. The van der Waals surface area contributed by atoms with E-state index < -0.39 is 6.04 Å². The molecule has 1 atom stereocenters. The van der Waals surface area contributed by atoms with Crippen molar-refractivity contribution in [3.63, 3.8) is 0 Å². The Morgan fingerprint density at radius 1 is 1.11 bits per heavy atom. The lowest BCUT2D eigenvalue weighted by Crippen LogP contribution is -2.23. The Hall–Kier alpha value is -2.88. The average molecular weight is 359 g/mol. The van der Waals surface area contributed by atoms with Crippen LogP contribution in [0.5, 0.6) is 0 Å². The molecule has 4 rings (SSSR count). The van der Waals surface area contributed by atoms with Gasteiger partial charge in [0.2, 0.25) is 0 Å². The van der Waals surface area contributed by atoms with Gasteiger partial charge in [-0.15, -0.1) is 0 Å². The Morgan fingerprint density at radius 2 is 1.93 bits per heavy atom. The molecule has 138 valence electrons. The number of benzene rings is 1. The fourth-order valence-electron chi connectivity index (χ4n) is 3.94. The van der Waals surface area contributed by atoms with Gasteiger partial charge in [-0.3, -0.25) is 0 Å². The minimum absolute atomic E-state index is 0.397. The highest BCUT2D eigenvalue weighted by molar-refractivity contribution is 5.80. The fraction of sp³-hybridized carbons (Fsp3) is 0.304. The minimum atomic E-state index is -0.397. The van der Waals surface area contributed by atoms with Gasteiger partial charge in [-0.25, -0.2) is 4.98 Å². The van der Waals surface area contributed by atoms with Crippen LogP contribution >= 0.6 is 0 Å². The molecule has 0 radical (unpaired) electrons. The van der Waals surface area contributed by atoms with Crippen LogP contribution in [0.3, 0.4) is 0 Å². The van der Waals surface area contributed by atoms with Crippen LogP contribution in [0.25, 0.3) is 12.2 Å². The van der Waals surface area contributed by atoms with Gasteiger partial charge in [0.25, 0.3) is 0 Å². The van der Waals surface area contributed by atoms with Crippen molar-refractivity contribution < 1.29 is 4.79 Å². The zero-order valence-corrected chi connectivity index (χ0v) is 15.4. The van der Waals surface area contributed by atoms with Gasteiger partial charge in [0, 0.05) is 23.0 Å². The summed E-state index contributed by atoms with van der Waals surface area (Å²) in [5, 5.41) is 6.49. The van der Waals surface area contributed by atoms with Crippen molar-refractivity contribution in [3.05, 3.63) is 65.5 Å². The molecule has 2 aromatic rings.